The second kappa shape index (κ2) is 7.68. The molecule has 0 bridgehead atoms. The van der Waals surface area contributed by atoms with E-state index in [0.717, 1.165) is 5.56 Å². The molecule has 0 saturated heterocycles. The number of methoxy groups -OCH3 is 1. The van der Waals surface area contributed by atoms with Gasteiger partial charge in [0.15, 0.2) is 0 Å². The van der Waals surface area contributed by atoms with Crippen molar-refractivity contribution < 1.29 is 13.9 Å². The first-order chi connectivity index (χ1) is 12.2. The molecule has 6 heteroatoms. The van der Waals surface area contributed by atoms with E-state index in [4.69, 9.17) is 20.8 Å². The topological polar surface area (TPSA) is 63.8 Å². The number of ether oxygens (including phenoxy) is 1. The largest absolute Gasteiger partial charge is 0.497 e. The molecule has 0 saturated carbocycles. The van der Waals surface area contributed by atoms with Crippen LogP contribution in [-0.4, -0.2) is 19.2 Å². The number of hydrazone groups is 1. The minimum atomic E-state index is -0.316. The predicted octanol–water partition coefficient (Wildman–Crippen LogP) is 4.37. The lowest BCUT2D eigenvalue weighted by molar-refractivity contribution is 0.0955. The van der Waals surface area contributed by atoms with Gasteiger partial charge in [0.25, 0.3) is 5.91 Å². The number of carbonyl (C=O) groups excluding carboxylic acids is 1. The molecule has 1 aromatic heterocycles. The summed E-state index contributed by atoms with van der Waals surface area (Å²) in [6.45, 7) is 0. The van der Waals surface area contributed by atoms with Gasteiger partial charge in [0.05, 0.1) is 13.3 Å². The average Bonchev–Trinajstić information content (AvgIpc) is 3.11. The lowest BCUT2D eigenvalue weighted by atomic mass is 10.2. The molecule has 0 aliphatic heterocycles. The third-order valence-corrected chi connectivity index (χ3v) is 3.72. The zero-order valence-corrected chi connectivity index (χ0v) is 14.2. The summed E-state index contributed by atoms with van der Waals surface area (Å²) in [7, 11) is 1.57. The smallest absolute Gasteiger partial charge is 0.271 e. The molecule has 0 atom stereocenters. The molecular formula is C19H15ClN2O3. The Kier molecular flexibility index (Phi) is 5.16. The lowest BCUT2D eigenvalue weighted by Crippen LogP contribution is -2.17. The van der Waals surface area contributed by atoms with Crippen molar-refractivity contribution in [3.8, 4) is 17.1 Å². The van der Waals surface area contributed by atoms with Gasteiger partial charge in [0, 0.05) is 16.1 Å². The van der Waals surface area contributed by atoms with Crippen molar-refractivity contribution in [1.82, 2.24) is 5.43 Å². The monoisotopic (exact) mass is 354 g/mol. The Hall–Kier alpha value is -3.05. The molecule has 0 aliphatic carbocycles. The van der Waals surface area contributed by atoms with Crippen LogP contribution in [0, 0.1) is 0 Å². The van der Waals surface area contributed by atoms with E-state index < -0.39 is 0 Å². The Labute approximate surface area is 149 Å². The van der Waals surface area contributed by atoms with Crippen molar-refractivity contribution in [3.63, 3.8) is 0 Å². The standard InChI is InChI=1S/C19H15ClN2O3/c1-24-16-8-4-14(5-9-16)19(23)22-21-12-17-10-11-18(25-17)13-2-6-15(20)7-3-13/h2-12H,1H3,(H,22,23)/b21-12+. The summed E-state index contributed by atoms with van der Waals surface area (Å²) >= 11 is 5.87. The molecule has 3 rings (SSSR count). The maximum atomic E-state index is 12.0. The molecule has 0 aliphatic rings. The van der Waals surface area contributed by atoms with Crippen LogP contribution in [0.25, 0.3) is 11.3 Å². The van der Waals surface area contributed by atoms with E-state index in [1.54, 1.807) is 49.6 Å². The van der Waals surface area contributed by atoms with E-state index in [9.17, 15) is 4.79 Å². The number of hydrogen-bond donors (Lipinski definition) is 1. The quantitative estimate of drug-likeness (QED) is 0.546. The van der Waals surface area contributed by atoms with Crippen molar-refractivity contribution in [1.29, 1.82) is 0 Å². The van der Waals surface area contributed by atoms with Gasteiger partial charge < -0.3 is 9.15 Å². The molecule has 1 heterocycles. The SMILES string of the molecule is COc1ccc(C(=O)N/N=C/c2ccc(-c3ccc(Cl)cc3)o2)cc1. The zero-order chi connectivity index (χ0) is 17.6. The van der Waals surface area contributed by atoms with Crippen LogP contribution in [0.4, 0.5) is 0 Å². The summed E-state index contributed by atoms with van der Waals surface area (Å²) in [4.78, 5) is 12.0. The fourth-order valence-electron chi connectivity index (χ4n) is 2.15. The zero-order valence-electron chi connectivity index (χ0n) is 13.4. The van der Waals surface area contributed by atoms with Gasteiger partial charge in [-0.2, -0.15) is 5.10 Å². The number of hydrogen-bond acceptors (Lipinski definition) is 4. The summed E-state index contributed by atoms with van der Waals surface area (Å²) in [6, 6.07) is 17.7. The van der Waals surface area contributed by atoms with Crippen LogP contribution in [0.15, 0.2) is 70.2 Å². The lowest BCUT2D eigenvalue weighted by Gasteiger charge is -2.01. The number of nitrogens with zero attached hydrogens (tertiary/aromatic N) is 1. The number of amides is 1. The Morgan fingerprint density at radius 2 is 1.80 bits per heavy atom. The van der Waals surface area contributed by atoms with Crippen molar-refractivity contribution in [3.05, 3.63) is 77.0 Å². The highest BCUT2D eigenvalue weighted by molar-refractivity contribution is 6.30. The highest BCUT2D eigenvalue weighted by atomic mass is 35.5. The van der Waals surface area contributed by atoms with E-state index in [2.05, 4.69) is 10.5 Å². The molecule has 25 heavy (non-hydrogen) atoms. The number of rotatable bonds is 5. The van der Waals surface area contributed by atoms with Gasteiger partial charge >= 0.3 is 0 Å². The van der Waals surface area contributed by atoms with Crippen molar-refractivity contribution in [2.24, 2.45) is 5.10 Å². The van der Waals surface area contributed by atoms with E-state index in [-0.39, 0.29) is 5.91 Å². The molecule has 3 aromatic rings. The fraction of sp³-hybridized carbons (Fsp3) is 0.0526. The van der Waals surface area contributed by atoms with Gasteiger partial charge in [-0.1, -0.05) is 11.6 Å². The first-order valence-electron chi connectivity index (χ1n) is 7.49. The summed E-state index contributed by atoms with van der Waals surface area (Å²) in [6.07, 6.45) is 1.45. The number of nitrogens with one attached hydrogen (secondary N) is 1. The third-order valence-electron chi connectivity index (χ3n) is 3.47. The van der Waals surface area contributed by atoms with E-state index in [1.807, 2.05) is 18.2 Å². The molecule has 0 fully saturated rings. The van der Waals surface area contributed by atoms with Gasteiger partial charge in [0.2, 0.25) is 0 Å². The van der Waals surface area contributed by atoms with Crippen LogP contribution in [0.3, 0.4) is 0 Å². The number of halogens is 1. The molecule has 1 amide bonds. The van der Waals surface area contributed by atoms with Crippen LogP contribution in [-0.2, 0) is 0 Å². The highest BCUT2D eigenvalue weighted by Gasteiger charge is 2.05. The molecule has 0 radical (unpaired) electrons. The molecule has 2 aromatic carbocycles. The Balaban J connectivity index is 1.62. The average molecular weight is 355 g/mol. The molecule has 1 N–H and O–H groups in total. The van der Waals surface area contributed by atoms with E-state index in [0.29, 0.717) is 27.9 Å². The minimum Gasteiger partial charge on any atom is -0.497 e. The highest BCUT2D eigenvalue weighted by Crippen LogP contribution is 2.23. The summed E-state index contributed by atoms with van der Waals surface area (Å²) in [5, 5.41) is 4.58. The summed E-state index contributed by atoms with van der Waals surface area (Å²) in [5.41, 5.74) is 3.85. The Morgan fingerprint density at radius 1 is 1.08 bits per heavy atom. The van der Waals surface area contributed by atoms with Crippen molar-refractivity contribution >= 4 is 23.7 Å². The van der Waals surface area contributed by atoms with E-state index >= 15 is 0 Å². The normalized spacial score (nSPS) is 10.8. The fourth-order valence-corrected chi connectivity index (χ4v) is 2.28. The number of furan rings is 1. The maximum Gasteiger partial charge on any atom is 0.271 e. The van der Waals surface area contributed by atoms with Crippen molar-refractivity contribution in [2.45, 2.75) is 0 Å². The van der Waals surface area contributed by atoms with Gasteiger partial charge in [-0.15, -0.1) is 0 Å². The Bertz CT molecular complexity index is 884. The van der Waals surface area contributed by atoms with Crippen LogP contribution in [0.2, 0.25) is 5.02 Å². The molecule has 126 valence electrons. The van der Waals surface area contributed by atoms with Crippen LogP contribution >= 0.6 is 11.6 Å². The van der Waals surface area contributed by atoms with Crippen LogP contribution in [0.5, 0.6) is 5.75 Å². The summed E-state index contributed by atoms with van der Waals surface area (Å²) < 4.78 is 10.7. The van der Waals surface area contributed by atoms with E-state index in [1.165, 1.54) is 6.21 Å². The van der Waals surface area contributed by atoms with Gasteiger partial charge in [-0.25, -0.2) is 5.43 Å². The predicted molar refractivity (Wildman–Crippen MR) is 97.2 cm³/mol. The van der Waals surface area contributed by atoms with Crippen molar-refractivity contribution in [2.75, 3.05) is 7.11 Å². The summed E-state index contributed by atoms with van der Waals surface area (Å²) in [5.74, 6) is 1.59. The number of benzene rings is 2. The maximum absolute atomic E-state index is 12.0. The molecule has 0 spiro atoms. The third kappa shape index (κ3) is 4.28. The molecule has 5 nitrogen and oxygen atoms in total. The second-order valence-electron chi connectivity index (χ2n) is 5.14. The number of carbonyl (C=O) groups is 1. The second-order valence-corrected chi connectivity index (χ2v) is 5.57. The van der Waals surface area contributed by atoms with Gasteiger partial charge in [-0.05, 0) is 60.7 Å². The van der Waals surface area contributed by atoms with Crippen LogP contribution in [0.1, 0.15) is 16.1 Å². The molecular weight excluding hydrogens is 340 g/mol. The first kappa shape index (κ1) is 16.8. The van der Waals surface area contributed by atoms with Crippen LogP contribution < -0.4 is 10.2 Å². The first-order valence-corrected chi connectivity index (χ1v) is 7.87. The van der Waals surface area contributed by atoms with Gasteiger partial charge in [0.1, 0.15) is 17.3 Å². The minimum absolute atomic E-state index is 0.316. The molecule has 0 unspecified atom stereocenters. The van der Waals surface area contributed by atoms with Gasteiger partial charge in [-0.3, -0.25) is 4.79 Å². The Morgan fingerprint density at radius 3 is 2.48 bits per heavy atom.